The lowest BCUT2D eigenvalue weighted by Crippen LogP contribution is -2.19. The Kier molecular flexibility index (Phi) is 9.24. The molecule has 0 aromatic heterocycles. The second-order valence-electron chi connectivity index (χ2n) is 6.84. The first-order valence-electron chi connectivity index (χ1n) is 8.18. The van der Waals surface area contributed by atoms with E-state index in [-0.39, 0.29) is 0 Å². The van der Waals surface area contributed by atoms with Crippen molar-refractivity contribution in [2.45, 2.75) is 60.8 Å². The molecule has 0 aromatic carbocycles. The summed E-state index contributed by atoms with van der Waals surface area (Å²) in [5.41, 5.74) is 5.32. The van der Waals surface area contributed by atoms with Crippen molar-refractivity contribution in [1.29, 1.82) is 0 Å². The molecule has 0 spiro atoms. The average molecular weight is 316 g/mol. The number of hydrogen-bond acceptors (Lipinski definition) is 1. The molecule has 0 unspecified atom stereocenters. The Balaban J connectivity index is 0.000000468. The predicted octanol–water partition coefficient (Wildman–Crippen LogP) is 6.24. The fourth-order valence-corrected chi connectivity index (χ4v) is 2.74. The Hall–Kier alpha value is -1.83. The van der Waals surface area contributed by atoms with Crippen molar-refractivity contribution in [3.63, 3.8) is 0 Å². The van der Waals surface area contributed by atoms with Crippen LogP contribution in [0.5, 0.6) is 0 Å². The number of carbonyl (C=O) groups is 1. The summed E-state index contributed by atoms with van der Waals surface area (Å²) < 4.78 is 0. The highest BCUT2D eigenvalue weighted by Gasteiger charge is 2.26. The van der Waals surface area contributed by atoms with E-state index >= 15 is 0 Å². The van der Waals surface area contributed by atoms with E-state index in [2.05, 4.69) is 39.5 Å². The molecule has 0 saturated heterocycles. The van der Waals surface area contributed by atoms with Gasteiger partial charge in [-0.3, -0.25) is 0 Å². The number of rotatable bonds is 4. The summed E-state index contributed by atoms with van der Waals surface area (Å²) in [6, 6.07) is 0. The number of carboxylic acid groups (broad SMARTS) is 1. The van der Waals surface area contributed by atoms with E-state index in [4.69, 9.17) is 5.11 Å². The fraction of sp³-hybridized carbons (Fsp3) is 0.476. The van der Waals surface area contributed by atoms with E-state index in [0.717, 1.165) is 11.1 Å². The van der Waals surface area contributed by atoms with Crippen molar-refractivity contribution in [3.05, 3.63) is 59.3 Å². The van der Waals surface area contributed by atoms with Crippen LogP contribution in [0, 0.1) is 5.41 Å². The number of carboxylic acids is 1. The van der Waals surface area contributed by atoms with Gasteiger partial charge in [-0.15, -0.1) is 0 Å². The van der Waals surface area contributed by atoms with Crippen molar-refractivity contribution in [1.82, 2.24) is 0 Å². The van der Waals surface area contributed by atoms with E-state index in [1.165, 1.54) is 30.9 Å². The van der Waals surface area contributed by atoms with Gasteiger partial charge in [0.2, 0.25) is 0 Å². The van der Waals surface area contributed by atoms with Gasteiger partial charge in [0.1, 0.15) is 0 Å². The molecule has 128 valence electrons. The molecule has 1 aliphatic rings. The molecule has 1 rings (SSSR count). The Bertz CT molecular complexity index is 540. The first kappa shape index (κ1) is 21.2. The minimum absolute atomic E-state index is 0.355. The number of aliphatic carboxylic acids is 1. The van der Waals surface area contributed by atoms with Crippen LogP contribution < -0.4 is 0 Å². The average Bonchev–Trinajstić information content (AvgIpc) is 2.37. The maximum Gasteiger partial charge on any atom is 0.328 e. The second kappa shape index (κ2) is 10.0. The largest absolute Gasteiger partial charge is 0.478 e. The van der Waals surface area contributed by atoms with Crippen LogP contribution in [0.4, 0.5) is 0 Å². The molecule has 0 radical (unpaired) electrons. The Morgan fingerprint density at radius 2 is 1.87 bits per heavy atom. The van der Waals surface area contributed by atoms with Gasteiger partial charge < -0.3 is 5.11 Å². The SMILES string of the molecule is C/C=C/C(C)=C\C(=O)O.C=C(C)/C=C/C1=C(C)CCCC1(C)C. The standard InChI is InChI=1S/C14H22.C7H10O2/c1-11(2)8-9-13-12(3)7-6-10-14(13,4)5;1-3-4-6(2)5-7(8)9/h8-9H,1,6-7,10H2,2-5H3;3-5H,1-2H3,(H,8,9)/b9-8+;4-3+,6-5-. The molecular formula is C21H32O2. The van der Waals surface area contributed by atoms with Gasteiger partial charge in [-0.05, 0) is 63.5 Å². The molecule has 2 heteroatoms. The topological polar surface area (TPSA) is 37.3 Å². The molecule has 23 heavy (non-hydrogen) atoms. The summed E-state index contributed by atoms with van der Waals surface area (Å²) in [5, 5.41) is 8.20. The van der Waals surface area contributed by atoms with Crippen LogP contribution in [0.1, 0.15) is 60.8 Å². The molecule has 0 aliphatic heterocycles. The van der Waals surface area contributed by atoms with E-state index in [1.807, 2.05) is 13.8 Å². The molecule has 0 aromatic rings. The van der Waals surface area contributed by atoms with Crippen LogP contribution in [-0.2, 0) is 4.79 Å². The van der Waals surface area contributed by atoms with Gasteiger partial charge in [0.15, 0.2) is 0 Å². The van der Waals surface area contributed by atoms with Crippen LogP contribution in [0.15, 0.2) is 59.3 Å². The van der Waals surface area contributed by atoms with Crippen molar-refractivity contribution in [2.75, 3.05) is 0 Å². The molecule has 0 atom stereocenters. The third-order valence-corrected chi connectivity index (χ3v) is 3.86. The lowest BCUT2D eigenvalue weighted by Gasteiger charge is -2.32. The van der Waals surface area contributed by atoms with E-state index < -0.39 is 5.97 Å². The molecule has 1 aliphatic carbocycles. The molecular weight excluding hydrogens is 284 g/mol. The Morgan fingerprint density at radius 3 is 2.30 bits per heavy atom. The van der Waals surface area contributed by atoms with Crippen LogP contribution in [-0.4, -0.2) is 11.1 Å². The van der Waals surface area contributed by atoms with Crippen LogP contribution >= 0.6 is 0 Å². The fourth-order valence-electron chi connectivity index (χ4n) is 2.74. The van der Waals surface area contributed by atoms with Crippen molar-refractivity contribution < 1.29 is 9.90 Å². The molecule has 0 bridgehead atoms. The summed E-state index contributed by atoms with van der Waals surface area (Å²) in [5.74, 6) is -0.898. The minimum atomic E-state index is -0.898. The number of allylic oxidation sites excluding steroid dienone is 8. The van der Waals surface area contributed by atoms with Crippen molar-refractivity contribution in [2.24, 2.45) is 5.41 Å². The molecule has 1 N–H and O–H groups in total. The molecule has 0 saturated carbocycles. The van der Waals surface area contributed by atoms with Gasteiger partial charge >= 0.3 is 5.97 Å². The smallest absolute Gasteiger partial charge is 0.328 e. The third kappa shape index (κ3) is 9.02. The summed E-state index contributed by atoms with van der Waals surface area (Å²) in [4.78, 5) is 9.97. The first-order chi connectivity index (χ1) is 10.6. The highest BCUT2D eigenvalue weighted by Crippen LogP contribution is 2.40. The van der Waals surface area contributed by atoms with Gasteiger partial charge in [0.25, 0.3) is 0 Å². The normalized spacial score (nSPS) is 18.1. The van der Waals surface area contributed by atoms with Crippen molar-refractivity contribution in [3.8, 4) is 0 Å². The Labute approximate surface area is 142 Å². The van der Waals surface area contributed by atoms with E-state index in [0.29, 0.717) is 5.41 Å². The molecule has 0 fully saturated rings. The van der Waals surface area contributed by atoms with Gasteiger partial charge in [-0.25, -0.2) is 4.79 Å². The summed E-state index contributed by atoms with van der Waals surface area (Å²) >= 11 is 0. The van der Waals surface area contributed by atoms with Crippen molar-refractivity contribution >= 4 is 5.97 Å². The lowest BCUT2D eigenvalue weighted by molar-refractivity contribution is -0.131. The first-order valence-corrected chi connectivity index (χ1v) is 8.18. The zero-order chi connectivity index (χ0) is 18.0. The molecule has 2 nitrogen and oxygen atoms in total. The third-order valence-electron chi connectivity index (χ3n) is 3.86. The van der Waals surface area contributed by atoms with Crippen LogP contribution in [0.25, 0.3) is 0 Å². The van der Waals surface area contributed by atoms with Gasteiger partial charge in [0, 0.05) is 6.08 Å². The van der Waals surface area contributed by atoms with E-state index in [1.54, 1.807) is 24.6 Å². The number of hydrogen-bond donors (Lipinski definition) is 1. The summed E-state index contributed by atoms with van der Waals surface area (Å²) in [6.45, 7) is 16.5. The highest BCUT2D eigenvalue weighted by molar-refractivity contribution is 5.81. The molecule has 0 heterocycles. The predicted molar refractivity (Wildman–Crippen MR) is 100 cm³/mol. The highest BCUT2D eigenvalue weighted by atomic mass is 16.4. The maximum atomic E-state index is 9.97. The zero-order valence-corrected chi connectivity index (χ0v) is 15.6. The quantitative estimate of drug-likeness (QED) is 0.492. The van der Waals surface area contributed by atoms with Gasteiger partial charge in [-0.2, -0.15) is 0 Å². The summed E-state index contributed by atoms with van der Waals surface area (Å²) in [6.07, 6.45) is 13.0. The zero-order valence-electron chi connectivity index (χ0n) is 15.6. The van der Waals surface area contributed by atoms with Gasteiger partial charge in [0.05, 0.1) is 0 Å². The van der Waals surface area contributed by atoms with Gasteiger partial charge in [-0.1, -0.05) is 55.9 Å². The van der Waals surface area contributed by atoms with Crippen LogP contribution in [0.2, 0.25) is 0 Å². The van der Waals surface area contributed by atoms with E-state index in [9.17, 15) is 4.79 Å². The second-order valence-corrected chi connectivity index (χ2v) is 6.84. The van der Waals surface area contributed by atoms with Crippen LogP contribution in [0.3, 0.4) is 0 Å². The minimum Gasteiger partial charge on any atom is -0.478 e. The summed E-state index contributed by atoms with van der Waals surface area (Å²) in [7, 11) is 0. The Morgan fingerprint density at radius 1 is 1.26 bits per heavy atom. The molecule has 0 amide bonds. The monoisotopic (exact) mass is 316 g/mol. The lowest BCUT2D eigenvalue weighted by atomic mass is 9.72. The maximum absolute atomic E-state index is 9.97.